The topological polar surface area (TPSA) is 56.8 Å². The first kappa shape index (κ1) is 20.2. The second kappa shape index (κ2) is 7.85. The Balaban J connectivity index is 3.01. The minimum atomic E-state index is -4.53. The molecule has 0 radical (unpaired) electrons. The Kier molecular flexibility index (Phi) is 6.62. The van der Waals surface area contributed by atoms with Gasteiger partial charge in [-0.2, -0.15) is 13.2 Å². The zero-order valence-corrected chi connectivity index (χ0v) is 14.3. The van der Waals surface area contributed by atoms with Gasteiger partial charge < -0.3 is 19.5 Å². The molecule has 0 saturated heterocycles. The summed E-state index contributed by atoms with van der Waals surface area (Å²) in [4.78, 5) is 11.6. The molecule has 0 aliphatic rings. The summed E-state index contributed by atoms with van der Waals surface area (Å²) in [6.45, 7) is 4.95. The largest absolute Gasteiger partial charge is 0.444 e. The first-order valence-corrected chi connectivity index (χ1v) is 7.20. The lowest BCUT2D eigenvalue weighted by Gasteiger charge is -2.20. The molecule has 1 N–H and O–H groups in total. The summed E-state index contributed by atoms with van der Waals surface area (Å²) < 4.78 is 54.2. The molecule has 0 saturated carbocycles. The van der Waals surface area contributed by atoms with Crippen molar-refractivity contribution in [3.63, 3.8) is 0 Å². The predicted octanol–water partition coefficient (Wildman–Crippen LogP) is 4.02. The van der Waals surface area contributed by atoms with E-state index in [0.29, 0.717) is 0 Å². The molecule has 5 nitrogen and oxygen atoms in total. The zero-order valence-electron chi connectivity index (χ0n) is 14.3. The van der Waals surface area contributed by atoms with Gasteiger partial charge in [0.15, 0.2) is 6.29 Å². The highest BCUT2D eigenvalue weighted by molar-refractivity contribution is 5.67. The van der Waals surface area contributed by atoms with Crippen LogP contribution < -0.4 is 5.32 Å². The second-order valence-electron chi connectivity index (χ2n) is 6.12. The number of nitrogens with one attached hydrogen (secondary N) is 1. The molecule has 0 heterocycles. The second-order valence-corrected chi connectivity index (χ2v) is 6.12. The molecule has 1 aromatic rings. The van der Waals surface area contributed by atoms with E-state index in [1.165, 1.54) is 20.3 Å². The molecule has 0 atom stereocenters. The molecular weight excluding hydrogens is 327 g/mol. The van der Waals surface area contributed by atoms with Crippen LogP contribution in [0.2, 0.25) is 0 Å². The highest BCUT2D eigenvalue weighted by atomic mass is 19.4. The fraction of sp³-hybridized carbons (Fsp3) is 0.562. The van der Waals surface area contributed by atoms with Crippen molar-refractivity contribution in [2.45, 2.75) is 45.4 Å². The smallest absolute Gasteiger partial charge is 0.416 e. The van der Waals surface area contributed by atoms with Crippen LogP contribution >= 0.6 is 0 Å². The average molecular weight is 349 g/mol. The standard InChI is InChI=1S/C16H22F3NO4/c1-15(2,3)24-14(21)20-9-10-6-11(13(22-4)23-5)8-12(7-10)16(17,18)19/h6-8,13H,9H2,1-5H3,(H,20,21). The number of alkyl halides is 3. The van der Waals surface area contributed by atoms with E-state index in [2.05, 4.69) is 5.32 Å². The van der Waals surface area contributed by atoms with Crippen LogP contribution in [0.15, 0.2) is 18.2 Å². The van der Waals surface area contributed by atoms with Gasteiger partial charge in [-0.25, -0.2) is 4.79 Å². The third-order valence-corrected chi connectivity index (χ3v) is 2.88. The van der Waals surface area contributed by atoms with Crippen LogP contribution in [-0.4, -0.2) is 25.9 Å². The summed E-state index contributed by atoms with van der Waals surface area (Å²) in [6.07, 6.45) is -6.17. The number of benzene rings is 1. The monoisotopic (exact) mass is 349 g/mol. The van der Waals surface area contributed by atoms with Gasteiger partial charge in [-0.05, 0) is 44.5 Å². The fourth-order valence-corrected chi connectivity index (χ4v) is 1.98. The third-order valence-electron chi connectivity index (χ3n) is 2.88. The van der Waals surface area contributed by atoms with E-state index in [-0.39, 0.29) is 17.7 Å². The first-order valence-electron chi connectivity index (χ1n) is 7.20. The summed E-state index contributed by atoms with van der Waals surface area (Å²) in [5, 5.41) is 2.43. The molecule has 0 unspecified atom stereocenters. The Morgan fingerprint density at radius 3 is 2.17 bits per heavy atom. The van der Waals surface area contributed by atoms with Crippen molar-refractivity contribution >= 4 is 6.09 Å². The quantitative estimate of drug-likeness (QED) is 0.816. The van der Waals surface area contributed by atoms with Crippen LogP contribution in [0.5, 0.6) is 0 Å². The normalized spacial score (nSPS) is 12.4. The van der Waals surface area contributed by atoms with Crippen molar-refractivity contribution in [1.82, 2.24) is 5.32 Å². The Hall–Kier alpha value is -1.80. The average Bonchev–Trinajstić information content (AvgIpc) is 2.43. The van der Waals surface area contributed by atoms with Crippen molar-refractivity contribution in [1.29, 1.82) is 0 Å². The fourth-order valence-electron chi connectivity index (χ4n) is 1.98. The Morgan fingerprint density at radius 2 is 1.71 bits per heavy atom. The highest BCUT2D eigenvalue weighted by Gasteiger charge is 2.32. The molecule has 0 fully saturated rings. The Morgan fingerprint density at radius 1 is 1.12 bits per heavy atom. The van der Waals surface area contributed by atoms with E-state index in [1.807, 2.05) is 0 Å². The van der Waals surface area contributed by atoms with Gasteiger partial charge in [0.25, 0.3) is 0 Å². The van der Waals surface area contributed by atoms with Gasteiger partial charge in [0.05, 0.1) is 5.56 Å². The van der Waals surface area contributed by atoms with E-state index in [1.54, 1.807) is 20.8 Å². The number of alkyl carbamates (subject to hydrolysis) is 1. The van der Waals surface area contributed by atoms with Crippen LogP contribution in [0.25, 0.3) is 0 Å². The van der Waals surface area contributed by atoms with E-state index < -0.39 is 29.7 Å². The summed E-state index contributed by atoms with van der Waals surface area (Å²) in [5.41, 5.74) is -1.08. The maximum absolute atomic E-state index is 13.0. The first-order chi connectivity index (χ1) is 11.0. The molecule has 0 bridgehead atoms. The van der Waals surface area contributed by atoms with Crippen molar-refractivity contribution in [2.75, 3.05) is 14.2 Å². The minimum absolute atomic E-state index is 0.119. The van der Waals surface area contributed by atoms with Crippen molar-refractivity contribution < 1.29 is 32.2 Å². The summed E-state index contributed by atoms with van der Waals surface area (Å²) in [6, 6.07) is 3.39. The third kappa shape index (κ3) is 6.37. The number of halogens is 3. The molecule has 1 rings (SSSR count). The van der Waals surface area contributed by atoms with Gasteiger partial charge in [-0.3, -0.25) is 0 Å². The van der Waals surface area contributed by atoms with Crippen LogP contribution in [0.1, 0.15) is 43.8 Å². The lowest BCUT2D eigenvalue weighted by molar-refractivity contribution is -0.138. The van der Waals surface area contributed by atoms with Gasteiger partial charge in [0.1, 0.15) is 5.60 Å². The van der Waals surface area contributed by atoms with Gasteiger partial charge in [-0.15, -0.1) is 0 Å². The lowest BCUT2D eigenvalue weighted by atomic mass is 10.0. The van der Waals surface area contributed by atoms with Gasteiger partial charge in [0, 0.05) is 26.3 Å². The van der Waals surface area contributed by atoms with Crippen LogP contribution in [0, 0.1) is 0 Å². The van der Waals surface area contributed by atoms with E-state index >= 15 is 0 Å². The molecule has 0 spiro atoms. The van der Waals surface area contributed by atoms with Crippen LogP contribution in [0.3, 0.4) is 0 Å². The summed E-state index contributed by atoms with van der Waals surface area (Å²) in [5.74, 6) is 0. The number of methoxy groups -OCH3 is 2. The van der Waals surface area contributed by atoms with Crippen LogP contribution in [0.4, 0.5) is 18.0 Å². The number of rotatable bonds is 5. The number of carbonyl (C=O) groups is 1. The molecule has 0 aromatic heterocycles. The number of hydrogen-bond donors (Lipinski definition) is 1. The lowest BCUT2D eigenvalue weighted by Crippen LogP contribution is -2.32. The van der Waals surface area contributed by atoms with Crippen molar-refractivity contribution in [3.8, 4) is 0 Å². The molecule has 0 aliphatic heterocycles. The van der Waals surface area contributed by atoms with E-state index in [0.717, 1.165) is 12.1 Å². The minimum Gasteiger partial charge on any atom is -0.444 e. The zero-order chi connectivity index (χ0) is 18.5. The van der Waals surface area contributed by atoms with E-state index in [4.69, 9.17) is 14.2 Å². The Bertz CT molecular complexity index is 563. The van der Waals surface area contributed by atoms with Crippen molar-refractivity contribution in [3.05, 3.63) is 34.9 Å². The number of ether oxygens (including phenoxy) is 3. The number of hydrogen-bond acceptors (Lipinski definition) is 4. The van der Waals surface area contributed by atoms with Gasteiger partial charge >= 0.3 is 12.3 Å². The van der Waals surface area contributed by atoms with E-state index in [9.17, 15) is 18.0 Å². The number of carbonyl (C=O) groups excluding carboxylic acids is 1. The molecular formula is C16H22F3NO4. The van der Waals surface area contributed by atoms with Crippen molar-refractivity contribution in [2.24, 2.45) is 0 Å². The summed E-state index contributed by atoms with van der Waals surface area (Å²) >= 11 is 0. The molecule has 24 heavy (non-hydrogen) atoms. The van der Waals surface area contributed by atoms with Gasteiger partial charge in [-0.1, -0.05) is 0 Å². The van der Waals surface area contributed by atoms with Crippen LogP contribution in [-0.2, 0) is 26.9 Å². The molecule has 1 aromatic carbocycles. The maximum atomic E-state index is 13.0. The molecule has 136 valence electrons. The number of amides is 1. The predicted molar refractivity (Wildman–Crippen MR) is 81.3 cm³/mol. The summed E-state index contributed by atoms with van der Waals surface area (Å²) in [7, 11) is 2.65. The van der Waals surface area contributed by atoms with Gasteiger partial charge in [0.2, 0.25) is 0 Å². The molecule has 8 heteroatoms. The maximum Gasteiger partial charge on any atom is 0.416 e. The highest BCUT2D eigenvalue weighted by Crippen LogP contribution is 2.32. The SMILES string of the molecule is COC(OC)c1cc(CNC(=O)OC(C)(C)C)cc(C(F)(F)F)c1. The molecule has 0 aliphatic carbocycles. The molecule has 1 amide bonds. The Labute approximate surface area is 139 Å².